The molecule has 48 valence electrons. The first-order valence-electron chi connectivity index (χ1n) is 2.30. The molecule has 8 heavy (non-hydrogen) atoms. The van der Waals surface area contributed by atoms with Crippen LogP contribution in [0.4, 0.5) is 0 Å². The third-order valence-electron chi connectivity index (χ3n) is 0.755. The van der Waals surface area contributed by atoms with Crippen molar-refractivity contribution in [2.75, 3.05) is 18.5 Å². The summed E-state index contributed by atoms with van der Waals surface area (Å²) >= 11 is 3.14. The number of alkyl halides is 1. The van der Waals surface area contributed by atoms with Crippen molar-refractivity contribution >= 4 is 15.9 Å². The Morgan fingerprint density at radius 3 is 2.25 bits per heavy atom. The van der Waals surface area contributed by atoms with Crippen molar-refractivity contribution in [1.82, 2.24) is 0 Å². The van der Waals surface area contributed by atoms with E-state index in [4.69, 9.17) is 10.2 Å². The highest BCUT2D eigenvalue weighted by Crippen LogP contribution is 1.96. The van der Waals surface area contributed by atoms with Gasteiger partial charge in [-0.2, -0.15) is 0 Å². The second-order valence-corrected chi connectivity index (χ2v) is 1.90. The fourth-order valence-electron chi connectivity index (χ4n) is 0.290. The van der Waals surface area contributed by atoms with E-state index in [-0.39, 0.29) is 13.2 Å². The Morgan fingerprint density at radius 1 is 1.50 bits per heavy atom. The first kappa shape index (κ1) is 8.14. The fraction of sp³-hybridized carbons (Fsp3) is 0.600. The summed E-state index contributed by atoms with van der Waals surface area (Å²) in [6, 6.07) is 0. The molecule has 0 saturated heterocycles. The van der Waals surface area contributed by atoms with E-state index in [1.807, 2.05) is 0 Å². The summed E-state index contributed by atoms with van der Waals surface area (Å²) in [4.78, 5) is 0. The summed E-state index contributed by atoms with van der Waals surface area (Å²) in [6.45, 7) is 0.0211. The molecule has 0 saturated carbocycles. The third kappa shape index (κ3) is 3.18. The molecule has 0 atom stereocenters. The molecule has 3 heteroatoms. The van der Waals surface area contributed by atoms with E-state index in [2.05, 4.69) is 15.9 Å². The molecule has 0 rings (SSSR count). The normalized spacial score (nSPS) is 12.1. The van der Waals surface area contributed by atoms with Crippen molar-refractivity contribution < 1.29 is 10.2 Å². The van der Waals surface area contributed by atoms with Crippen LogP contribution in [0.1, 0.15) is 0 Å². The van der Waals surface area contributed by atoms with E-state index in [0.717, 1.165) is 5.57 Å². The Balaban J connectivity index is 3.49. The van der Waals surface area contributed by atoms with E-state index < -0.39 is 0 Å². The highest BCUT2D eigenvalue weighted by molar-refractivity contribution is 9.09. The van der Waals surface area contributed by atoms with Gasteiger partial charge in [0.15, 0.2) is 0 Å². The lowest BCUT2D eigenvalue weighted by Gasteiger charge is -1.93. The van der Waals surface area contributed by atoms with E-state index in [9.17, 15) is 0 Å². The van der Waals surface area contributed by atoms with Gasteiger partial charge in [-0.3, -0.25) is 0 Å². The monoisotopic (exact) mass is 180 g/mol. The zero-order valence-electron chi connectivity index (χ0n) is 4.47. The number of hydrogen-bond donors (Lipinski definition) is 2. The van der Waals surface area contributed by atoms with Crippen LogP contribution in [-0.4, -0.2) is 28.8 Å². The van der Waals surface area contributed by atoms with Crippen LogP contribution in [0.3, 0.4) is 0 Å². The van der Waals surface area contributed by atoms with Gasteiger partial charge in [-0.1, -0.05) is 22.0 Å². The van der Waals surface area contributed by atoms with E-state index in [1.54, 1.807) is 6.08 Å². The fourth-order valence-corrected chi connectivity index (χ4v) is 0.697. The highest BCUT2D eigenvalue weighted by Gasteiger charge is 1.87. The molecular weight excluding hydrogens is 172 g/mol. The molecule has 0 aliphatic carbocycles. The van der Waals surface area contributed by atoms with E-state index in [0.29, 0.717) is 5.33 Å². The lowest BCUT2D eigenvalue weighted by Crippen LogP contribution is -1.92. The molecule has 0 spiro atoms. The van der Waals surface area contributed by atoms with Gasteiger partial charge >= 0.3 is 0 Å². The van der Waals surface area contributed by atoms with Gasteiger partial charge in [0.1, 0.15) is 0 Å². The van der Waals surface area contributed by atoms with Crippen molar-refractivity contribution in [3.63, 3.8) is 0 Å². The zero-order valence-corrected chi connectivity index (χ0v) is 6.06. The lowest BCUT2D eigenvalue weighted by atomic mass is 10.3. The molecule has 0 aromatic rings. The Kier molecular flexibility index (Phi) is 5.37. The summed E-state index contributed by atoms with van der Waals surface area (Å²) < 4.78 is 0. The van der Waals surface area contributed by atoms with Crippen LogP contribution >= 0.6 is 15.9 Å². The van der Waals surface area contributed by atoms with E-state index >= 15 is 0 Å². The number of halogens is 1. The number of aliphatic hydroxyl groups is 2. The van der Waals surface area contributed by atoms with Crippen molar-refractivity contribution in [2.45, 2.75) is 0 Å². The summed E-state index contributed by atoms with van der Waals surface area (Å²) in [5.74, 6) is 0. The third-order valence-corrected chi connectivity index (χ3v) is 1.47. The predicted molar refractivity (Wildman–Crippen MR) is 36.0 cm³/mol. The lowest BCUT2D eigenvalue weighted by molar-refractivity contribution is 0.320. The Morgan fingerprint density at radius 2 is 2.12 bits per heavy atom. The zero-order chi connectivity index (χ0) is 6.41. The Hall–Kier alpha value is 0.140. The van der Waals surface area contributed by atoms with Crippen LogP contribution in [0.15, 0.2) is 11.6 Å². The summed E-state index contributed by atoms with van der Waals surface area (Å²) in [5.41, 5.74) is 0.813. The van der Waals surface area contributed by atoms with Gasteiger partial charge in [0, 0.05) is 5.33 Å². The smallest absolute Gasteiger partial charge is 0.0650 e. The molecule has 0 unspecified atom stereocenters. The maximum absolute atomic E-state index is 8.45. The average Bonchev–Trinajstić information content (AvgIpc) is 1.83. The molecule has 0 fully saturated rings. The number of hydrogen-bond acceptors (Lipinski definition) is 2. The molecule has 2 nitrogen and oxygen atoms in total. The van der Waals surface area contributed by atoms with Gasteiger partial charge in [0.25, 0.3) is 0 Å². The van der Waals surface area contributed by atoms with Crippen LogP contribution in [-0.2, 0) is 0 Å². The van der Waals surface area contributed by atoms with E-state index in [1.165, 1.54) is 0 Å². The highest BCUT2D eigenvalue weighted by atomic mass is 79.9. The maximum Gasteiger partial charge on any atom is 0.0650 e. The molecule has 0 bridgehead atoms. The minimum atomic E-state index is 0.00148. The molecule has 0 heterocycles. The van der Waals surface area contributed by atoms with Crippen LogP contribution in [0.25, 0.3) is 0 Å². The second kappa shape index (κ2) is 5.28. The van der Waals surface area contributed by atoms with Crippen LogP contribution < -0.4 is 0 Å². The quantitative estimate of drug-likeness (QED) is 0.485. The van der Waals surface area contributed by atoms with Gasteiger partial charge in [-0.05, 0) is 5.57 Å². The average molecular weight is 181 g/mol. The molecule has 0 radical (unpaired) electrons. The number of rotatable bonds is 3. The van der Waals surface area contributed by atoms with Gasteiger partial charge < -0.3 is 10.2 Å². The van der Waals surface area contributed by atoms with Crippen molar-refractivity contribution in [1.29, 1.82) is 0 Å². The minimum Gasteiger partial charge on any atom is -0.392 e. The first-order valence-corrected chi connectivity index (χ1v) is 3.43. The number of aliphatic hydroxyl groups excluding tert-OH is 2. The second-order valence-electron chi connectivity index (χ2n) is 1.34. The largest absolute Gasteiger partial charge is 0.392 e. The van der Waals surface area contributed by atoms with Crippen LogP contribution in [0.2, 0.25) is 0 Å². The summed E-state index contributed by atoms with van der Waals surface area (Å²) in [6.07, 6.45) is 1.58. The topological polar surface area (TPSA) is 40.5 Å². The van der Waals surface area contributed by atoms with Crippen molar-refractivity contribution in [3.8, 4) is 0 Å². The SMILES string of the molecule is OC/C=C(/CO)CBr. The van der Waals surface area contributed by atoms with Gasteiger partial charge in [-0.15, -0.1) is 0 Å². The van der Waals surface area contributed by atoms with Crippen molar-refractivity contribution in [2.24, 2.45) is 0 Å². The van der Waals surface area contributed by atoms with Crippen LogP contribution in [0.5, 0.6) is 0 Å². The first-order chi connectivity index (χ1) is 3.85. The molecule has 0 aromatic heterocycles. The molecule has 0 aliphatic heterocycles. The molecule has 0 aromatic carbocycles. The Labute approximate surface area is 57.0 Å². The molecule has 2 N–H and O–H groups in total. The van der Waals surface area contributed by atoms with Crippen molar-refractivity contribution in [3.05, 3.63) is 11.6 Å². The van der Waals surface area contributed by atoms with Gasteiger partial charge in [0.05, 0.1) is 13.2 Å². The predicted octanol–water partition coefficient (Wildman–Crippen LogP) is 0.292. The van der Waals surface area contributed by atoms with Gasteiger partial charge in [-0.25, -0.2) is 0 Å². The molecule has 0 aliphatic rings. The van der Waals surface area contributed by atoms with Gasteiger partial charge in [0.2, 0.25) is 0 Å². The standard InChI is InChI=1S/C5H9BrO2/c6-3-5(4-8)1-2-7/h1,7-8H,2-4H2/b5-1+. The molecule has 0 amide bonds. The maximum atomic E-state index is 8.45. The summed E-state index contributed by atoms with van der Waals surface area (Å²) in [5, 5.41) is 17.4. The minimum absolute atomic E-state index is 0.00148. The van der Waals surface area contributed by atoms with Crippen LogP contribution in [0, 0.1) is 0 Å². The summed E-state index contributed by atoms with van der Waals surface area (Å²) in [7, 11) is 0. The molecular formula is C5H9BrO2. The Bertz CT molecular complexity index is 74.5.